The summed E-state index contributed by atoms with van der Waals surface area (Å²) in [5.41, 5.74) is 7.04. The molecule has 0 saturated carbocycles. The minimum absolute atomic E-state index is 0.318. The Bertz CT molecular complexity index is 561. The van der Waals surface area contributed by atoms with Crippen molar-refractivity contribution in [3.63, 3.8) is 0 Å². The third kappa shape index (κ3) is 3.35. The molecule has 0 spiro atoms. The first-order valence-electron chi connectivity index (χ1n) is 5.88. The Morgan fingerprint density at radius 3 is 2.42 bits per heavy atom. The second-order valence-corrected chi connectivity index (χ2v) is 6.12. The van der Waals surface area contributed by atoms with Crippen molar-refractivity contribution in [1.29, 1.82) is 0 Å². The molecule has 0 bridgehead atoms. The average Bonchev–Trinajstić information content (AvgIpc) is 2.35. The second kappa shape index (κ2) is 5.61. The van der Waals surface area contributed by atoms with E-state index in [0.717, 1.165) is 10.0 Å². The van der Waals surface area contributed by atoms with Crippen molar-refractivity contribution in [3.05, 3.63) is 68.9 Å². The monoisotopic (exact) mass is 341 g/mol. The normalized spacial score (nSPS) is 14.2. The highest BCUT2D eigenvalue weighted by Gasteiger charge is 2.24. The topological polar surface area (TPSA) is 26.0 Å². The predicted octanol–water partition coefficient (Wildman–Crippen LogP) is 4.66. The van der Waals surface area contributed by atoms with E-state index < -0.39 is 5.54 Å². The van der Waals surface area contributed by atoms with E-state index in [4.69, 9.17) is 17.3 Å². The summed E-state index contributed by atoms with van der Waals surface area (Å²) < 4.78 is 14.8. The fraction of sp³-hybridized carbons (Fsp3) is 0.200. The third-order valence-electron chi connectivity index (χ3n) is 3.11. The number of hydrogen-bond acceptors (Lipinski definition) is 1. The summed E-state index contributed by atoms with van der Waals surface area (Å²) in [4.78, 5) is 0. The van der Waals surface area contributed by atoms with Crippen LogP contribution in [0.1, 0.15) is 18.1 Å². The highest BCUT2D eigenvalue weighted by molar-refractivity contribution is 9.10. The lowest BCUT2D eigenvalue weighted by Crippen LogP contribution is -2.35. The molecule has 0 aliphatic heterocycles. The molecule has 0 aliphatic rings. The largest absolute Gasteiger partial charge is 0.321 e. The smallest absolute Gasteiger partial charge is 0.127 e. The standard InChI is InChI=1S/C15H14BrClFN/c1-15(19,10-5-7-11(16)8-6-10)9-12-13(17)3-2-4-14(12)18/h2-8H,9,19H2,1H3. The van der Waals surface area contributed by atoms with Crippen molar-refractivity contribution in [2.75, 3.05) is 0 Å². The van der Waals surface area contributed by atoms with Gasteiger partial charge in [0, 0.05) is 20.6 Å². The van der Waals surface area contributed by atoms with Gasteiger partial charge in [0.25, 0.3) is 0 Å². The molecule has 1 nitrogen and oxygen atoms in total. The van der Waals surface area contributed by atoms with Crippen molar-refractivity contribution < 1.29 is 4.39 Å². The van der Waals surface area contributed by atoms with Gasteiger partial charge in [0.2, 0.25) is 0 Å². The molecule has 0 aliphatic carbocycles. The summed E-state index contributed by atoms with van der Waals surface area (Å²) >= 11 is 9.43. The van der Waals surface area contributed by atoms with Gasteiger partial charge in [0.1, 0.15) is 5.82 Å². The maximum atomic E-state index is 13.8. The summed E-state index contributed by atoms with van der Waals surface area (Å²) in [6, 6.07) is 12.4. The first-order chi connectivity index (χ1) is 8.90. The van der Waals surface area contributed by atoms with Crippen LogP contribution in [-0.4, -0.2) is 0 Å². The van der Waals surface area contributed by atoms with Crippen LogP contribution in [0.4, 0.5) is 4.39 Å². The molecule has 0 saturated heterocycles. The maximum Gasteiger partial charge on any atom is 0.127 e. The molecule has 100 valence electrons. The van der Waals surface area contributed by atoms with Gasteiger partial charge >= 0.3 is 0 Å². The fourth-order valence-corrected chi connectivity index (χ4v) is 2.50. The molecule has 4 heteroatoms. The van der Waals surface area contributed by atoms with Crippen LogP contribution >= 0.6 is 27.5 Å². The highest BCUT2D eigenvalue weighted by Crippen LogP contribution is 2.29. The van der Waals surface area contributed by atoms with E-state index >= 15 is 0 Å². The number of hydrogen-bond donors (Lipinski definition) is 1. The quantitative estimate of drug-likeness (QED) is 0.862. The molecule has 2 aromatic rings. The first kappa shape index (κ1) is 14.5. The average molecular weight is 343 g/mol. The Labute approximate surface area is 125 Å². The molecule has 1 atom stereocenters. The third-order valence-corrected chi connectivity index (χ3v) is 3.99. The van der Waals surface area contributed by atoms with Crippen molar-refractivity contribution in [2.24, 2.45) is 5.73 Å². The fourth-order valence-electron chi connectivity index (χ4n) is 2.00. The number of benzene rings is 2. The summed E-state index contributed by atoms with van der Waals surface area (Å²) in [6.45, 7) is 1.87. The van der Waals surface area contributed by atoms with Crippen molar-refractivity contribution in [1.82, 2.24) is 0 Å². The van der Waals surface area contributed by atoms with Gasteiger partial charge in [-0.2, -0.15) is 0 Å². The zero-order chi connectivity index (χ0) is 14.0. The molecule has 0 amide bonds. The molecule has 2 aromatic carbocycles. The van der Waals surface area contributed by atoms with Crippen LogP contribution in [0.5, 0.6) is 0 Å². The summed E-state index contributed by atoms with van der Waals surface area (Å²) in [5, 5.41) is 0.411. The predicted molar refractivity (Wildman–Crippen MR) is 80.8 cm³/mol. The Kier molecular flexibility index (Phi) is 4.29. The number of nitrogens with two attached hydrogens (primary N) is 1. The molecule has 2 rings (SSSR count). The van der Waals surface area contributed by atoms with Gasteiger partial charge < -0.3 is 5.73 Å². The van der Waals surface area contributed by atoms with Gasteiger partial charge in [-0.25, -0.2) is 4.39 Å². The Morgan fingerprint density at radius 1 is 1.21 bits per heavy atom. The van der Waals surface area contributed by atoms with E-state index in [1.807, 2.05) is 31.2 Å². The van der Waals surface area contributed by atoms with Crippen molar-refractivity contribution in [2.45, 2.75) is 18.9 Å². The minimum Gasteiger partial charge on any atom is -0.321 e. The first-order valence-corrected chi connectivity index (χ1v) is 7.05. The minimum atomic E-state index is -0.674. The summed E-state index contributed by atoms with van der Waals surface area (Å²) in [7, 11) is 0. The lowest BCUT2D eigenvalue weighted by Gasteiger charge is -2.26. The van der Waals surface area contributed by atoms with Crippen molar-refractivity contribution >= 4 is 27.5 Å². The van der Waals surface area contributed by atoms with Crippen LogP contribution in [0, 0.1) is 5.82 Å². The summed E-state index contributed by atoms with van der Waals surface area (Å²) in [5.74, 6) is -0.318. The van der Waals surface area contributed by atoms with Gasteiger partial charge in [0.05, 0.1) is 0 Å². The van der Waals surface area contributed by atoms with E-state index in [0.29, 0.717) is 17.0 Å². The van der Waals surface area contributed by atoms with E-state index in [1.165, 1.54) is 6.07 Å². The molecule has 0 fully saturated rings. The summed E-state index contributed by atoms with van der Waals surface area (Å²) in [6.07, 6.45) is 0.347. The van der Waals surface area contributed by atoms with Gasteiger partial charge in [-0.3, -0.25) is 0 Å². The lowest BCUT2D eigenvalue weighted by atomic mass is 9.86. The number of halogens is 3. The van der Waals surface area contributed by atoms with E-state index in [2.05, 4.69) is 15.9 Å². The van der Waals surface area contributed by atoms with E-state index in [9.17, 15) is 4.39 Å². The molecule has 1 unspecified atom stereocenters. The molecular weight excluding hydrogens is 329 g/mol. The second-order valence-electron chi connectivity index (χ2n) is 4.80. The van der Waals surface area contributed by atoms with E-state index in [-0.39, 0.29) is 5.82 Å². The molecule has 19 heavy (non-hydrogen) atoms. The Balaban J connectivity index is 2.33. The number of rotatable bonds is 3. The maximum absolute atomic E-state index is 13.8. The molecule has 0 aromatic heterocycles. The van der Waals surface area contributed by atoms with Crippen LogP contribution in [0.3, 0.4) is 0 Å². The Morgan fingerprint density at radius 2 is 1.84 bits per heavy atom. The van der Waals surface area contributed by atoms with Gasteiger partial charge in [0.15, 0.2) is 0 Å². The van der Waals surface area contributed by atoms with Gasteiger partial charge in [-0.15, -0.1) is 0 Å². The SMILES string of the molecule is CC(N)(Cc1c(F)cccc1Cl)c1ccc(Br)cc1. The van der Waals surface area contributed by atoms with Crippen LogP contribution in [-0.2, 0) is 12.0 Å². The van der Waals surface area contributed by atoms with Crippen LogP contribution in [0.25, 0.3) is 0 Å². The molecule has 0 radical (unpaired) electrons. The molecular formula is C15H14BrClFN. The van der Waals surface area contributed by atoms with Crippen LogP contribution < -0.4 is 5.73 Å². The molecule has 0 heterocycles. The van der Waals surface area contributed by atoms with Crippen LogP contribution in [0.15, 0.2) is 46.9 Å². The van der Waals surface area contributed by atoms with Gasteiger partial charge in [-0.05, 0) is 43.2 Å². The van der Waals surface area contributed by atoms with Gasteiger partial charge in [-0.1, -0.05) is 45.7 Å². The van der Waals surface area contributed by atoms with Crippen LogP contribution in [0.2, 0.25) is 5.02 Å². The lowest BCUT2D eigenvalue weighted by molar-refractivity contribution is 0.475. The highest BCUT2D eigenvalue weighted by atomic mass is 79.9. The zero-order valence-corrected chi connectivity index (χ0v) is 12.8. The van der Waals surface area contributed by atoms with E-state index in [1.54, 1.807) is 12.1 Å². The zero-order valence-electron chi connectivity index (χ0n) is 10.5. The molecule has 2 N–H and O–H groups in total. The van der Waals surface area contributed by atoms with Crippen molar-refractivity contribution in [3.8, 4) is 0 Å². The Hall–Kier alpha value is -0.900.